The van der Waals surface area contributed by atoms with Crippen LogP contribution in [0.4, 0.5) is 23.4 Å². The highest BCUT2D eigenvalue weighted by atomic mass is 19.4. The molecule has 2 N–H and O–H groups in total. The molecule has 0 amide bonds. The number of hydrogen-bond donors (Lipinski definition) is 2. The van der Waals surface area contributed by atoms with E-state index in [9.17, 15) is 22.7 Å². The summed E-state index contributed by atoms with van der Waals surface area (Å²) in [6, 6.07) is 7.67. The maximum atomic E-state index is 12.9. The lowest BCUT2D eigenvalue weighted by molar-refractivity contribution is -0.141. The third-order valence-corrected chi connectivity index (χ3v) is 3.07. The lowest BCUT2D eigenvalue weighted by Crippen LogP contribution is -2.18. The number of benzene rings is 1. The molecule has 2 rings (SSSR count). The summed E-state index contributed by atoms with van der Waals surface area (Å²) >= 11 is 0. The van der Waals surface area contributed by atoms with E-state index in [4.69, 9.17) is 5.26 Å². The Morgan fingerprint density at radius 2 is 1.83 bits per heavy atom. The van der Waals surface area contributed by atoms with Crippen LogP contribution in [0.25, 0.3) is 0 Å². The summed E-state index contributed by atoms with van der Waals surface area (Å²) < 4.78 is 51.1. The van der Waals surface area contributed by atoms with E-state index in [0.717, 1.165) is 18.2 Å². The van der Waals surface area contributed by atoms with Crippen LogP contribution in [-0.2, 0) is 6.18 Å². The molecule has 0 radical (unpaired) electrons. The standard InChI is InChI=1S/C15H11F4N3O/c16-11-4-1-9(2-5-11)12(8-23)21-14-10(7-20)3-6-13(22-14)15(17,18)19/h1-6,12,23H,8H2,(H,21,22). The van der Waals surface area contributed by atoms with E-state index in [1.54, 1.807) is 6.07 Å². The summed E-state index contributed by atoms with van der Waals surface area (Å²) in [4.78, 5) is 3.40. The normalized spacial score (nSPS) is 12.5. The van der Waals surface area contributed by atoms with Gasteiger partial charge in [0.1, 0.15) is 23.4 Å². The highest BCUT2D eigenvalue weighted by Gasteiger charge is 2.33. The highest BCUT2D eigenvalue weighted by Crippen LogP contribution is 2.30. The number of pyridine rings is 1. The fourth-order valence-electron chi connectivity index (χ4n) is 1.91. The number of halogens is 4. The van der Waals surface area contributed by atoms with Crippen molar-refractivity contribution in [3.8, 4) is 6.07 Å². The van der Waals surface area contributed by atoms with Gasteiger partial charge in [-0.2, -0.15) is 18.4 Å². The number of aliphatic hydroxyl groups excluding tert-OH is 1. The van der Waals surface area contributed by atoms with Crippen molar-refractivity contribution in [2.24, 2.45) is 0 Å². The van der Waals surface area contributed by atoms with Crippen molar-refractivity contribution in [3.05, 3.63) is 59.0 Å². The predicted octanol–water partition coefficient (Wildman–Crippen LogP) is 3.26. The molecule has 0 aliphatic heterocycles. The Balaban J connectivity index is 2.36. The van der Waals surface area contributed by atoms with Crippen LogP contribution < -0.4 is 5.32 Å². The molecule has 1 heterocycles. The molecule has 8 heteroatoms. The van der Waals surface area contributed by atoms with Gasteiger partial charge in [0, 0.05) is 0 Å². The summed E-state index contributed by atoms with van der Waals surface area (Å²) in [5, 5.41) is 21.0. The van der Waals surface area contributed by atoms with Gasteiger partial charge >= 0.3 is 6.18 Å². The first kappa shape index (κ1) is 16.7. The number of aliphatic hydroxyl groups is 1. The number of alkyl halides is 3. The Bertz CT molecular complexity index is 723. The van der Waals surface area contributed by atoms with E-state index in [1.165, 1.54) is 12.1 Å². The number of nitriles is 1. The molecule has 23 heavy (non-hydrogen) atoms. The second kappa shape index (κ2) is 6.62. The largest absolute Gasteiger partial charge is 0.433 e. The van der Waals surface area contributed by atoms with Gasteiger partial charge in [-0.3, -0.25) is 0 Å². The molecule has 0 bridgehead atoms. The molecule has 1 aromatic heterocycles. The van der Waals surface area contributed by atoms with Crippen molar-refractivity contribution in [1.29, 1.82) is 5.26 Å². The maximum absolute atomic E-state index is 12.9. The van der Waals surface area contributed by atoms with Crippen LogP contribution in [-0.4, -0.2) is 16.7 Å². The van der Waals surface area contributed by atoms with Crippen LogP contribution >= 0.6 is 0 Å². The quantitative estimate of drug-likeness (QED) is 0.847. The van der Waals surface area contributed by atoms with Crippen LogP contribution in [0.5, 0.6) is 0 Å². The molecular weight excluding hydrogens is 314 g/mol. The van der Waals surface area contributed by atoms with E-state index in [1.807, 2.05) is 0 Å². The lowest BCUT2D eigenvalue weighted by Gasteiger charge is -2.19. The zero-order valence-corrected chi connectivity index (χ0v) is 11.6. The monoisotopic (exact) mass is 325 g/mol. The van der Waals surface area contributed by atoms with Gasteiger partial charge in [0.2, 0.25) is 0 Å². The second-order valence-electron chi connectivity index (χ2n) is 4.63. The van der Waals surface area contributed by atoms with Crippen molar-refractivity contribution in [3.63, 3.8) is 0 Å². The van der Waals surface area contributed by atoms with Crippen LogP contribution in [0, 0.1) is 17.1 Å². The Morgan fingerprint density at radius 3 is 2.35 bits per heavy atom. The van der Waals surface area contributed by atoms with Gasteiger partial charge in [0.25, 0.3) is 0 Å². The summed E-state index contributed by atoms with van der Waals surface area (Å²) in [7, 11) is 0. The molecule has 1 aromatic carbocycles. The van der Waals surface area contributed by atoms with Gasteiger partial charge in [-0.1, -0.05) is 12.1 Å². The van der Waals surface area contributed by atoms with Crippen molar-refractivity contribution >= 4 is 5.82 Å². The lowest BCUT2D eigenvalue weighted by atomic mass is 10.1. The molecular formula is C15H11F4N3O. The summed E-state index contributed by atoms with van der Waals surface area (Å²) in [5.74, 6) is -0.786. The van der Waals surface area contributed by atoms with Crippen molar-refractivity contribution in [2.75, 3.05) is 11.9 Å². The van der Waals surface area contributed by atoms with Gasteiger partial charge in [-0.15, -0.1) is 0 Å². The van der Waals surface area contributed by atoms with Gasteiger partial charge in [-0.25, -0.2) is 9.37 Å². The van der Waals surface area contributed by atoms with Crippen LogP contribution in [0.15, 0.2) is 36.4 Å². The minimum Gasteiger partial charge on any atom is -0.394 e. The average molecular weight is 325 g/mol. The third kappa shape index (κ3) is 3.96. The molecule has 4 nitrogen and oxygen atoms in total. The molecule has 0 spiro atoms. The van der Waals surface area contributed by atoms with E-state index in [2.05, 4.69) is 10.3 Å². The van der Waals surface area contributed by atoms with Crippen LogP contribution in [0.3, 0.4) is 0 Å². The van der Waals surface area contributed by atoms with E-state index < -0.39 is 30.3 Å². The van der Waals surface area contributed by atoms with Crippen LogP contribution in [0.2, 0.25) is 0 Å². The minimum atomic E-state index is -4.66. The molecule has 120 valence electrons. The smallest absolute Gasteiger partial charge is 0.394 e. The molecule has 0 saturated carbocycles. The first-order valence-electron chi connectivity index (χ1n) is 6.46. The van der Waals surface area contributed by atoms with Crippen molar-refractivity contribution in [2.45, 2.75) is 12.2 Å². The molecule has 0 aliphatic carbocycles. The van der Waals surface area contributed by atoms with Gasteiger partial charge in [-0.05, 0) is 29.8 Å². The second-order valence-corrected chi connectivity index (χ2v) is 4.63. The van der Waals surface area contributed by atoms with Gasteiger partial charge in [0.15, 0.2) is 0 Å². The van der Waals surface area contributed by atoms with E-state index in [-0.39, 0.29) is 11.4 Å². The summed E-state index contributed by atoms with van der Waals surface area (Å²) in [6.07, 6.45) is -4.66. The highest BCUT2D eigenvalue weighted by molar-refractivity contribution is 5.54. The van der Waals surface area contributed by atoms with E-state index >= 15 is 0 Å². The Labute approximate surface area is 129 Å². The number of hydrogen-bond acceptors (Lipinski definition) is 4. The maximum Gasteiger partial charge on any atom is 0.433 e. The Hall–Kier alpha value is -2.66. The first-order chi connectivity index (χ1) is 10.8. The number of aromatic nitrogens is 1. The average Bonchev–Trinajstić information content (AvgIpc) is 2.52. The topological polar surface area (TPSA) is 68.9 Å². The zero-order chi connectivity index (χ0) is 17.0. The fraction of sp³-hybridized carbons (Fsp3) is 0.200. The molecule has 1 atom stereocenters. The summed E-state index contributed by atoms with van der Waals surface area (Å²) in [6.45, 7) is -0.478. The third-order valence-electron chi connectivity index (χ3n) is 3.07. The Morgan fingerprint density at radius 1 is 1.17 bits per heavy atom. The number of anilines is 1. The SMILES string of the molecule is N#Cc1ccc(C(F)(F)F)nc1NC(CO)c1ccc(F)cc1. The molecule has 0 saturated heterocycles. The first-order valence-corrected chi connectivity index (χ1v) is 6.46. The zero-order valence-electron chi connectivity index (χ0n) is 11.6. The molecule has 1 unspecified atom stereocenters. The van der Waals surface area contributed by atoms with Gasteiger partial charge < -0.3 is 10.4 Å². The number of nitrogens with one attached hydrogen (secondary N) is 1. The number of nitrogens with zero attached hydrogens (tertiary/aromatic N) is 2. The Kier molecular flexibility index (Phi) is 4.81. The molecule has 0 fully saturated rings. The van der Waals surface area contributed by atoms with Gasteiger partial charge in [0.05, 0.1) is 18.2 Å². The molecule has 0 aliphatic rings. The fourth-order valence-corrected chi connectivity index (χ4v) is 1.91. The van der Waals surface area contributed by atoms with E-state index in [0.29, 0.717) is 11.6 Å². The molecule has 2 aromatic rings. The predicted molar refractivity (Wildman–Crippen MR) is 73.8 cm³/mol. The van der Waals surface area contributed by atoms with Crippen molar-refractivity contribution in [1.82, 2.24) is 4.98 Å². The minimum absolute atomic E-state index is 0.0986. The van der Waals surface area contributed by atoms with Crippen LogP contribution in [0.1, 0.15) is 22.9 Å². The number of rotatable bonds is 4. The summed E-state index contributed by atoms with van der Waals surface area (Å²) in [5.41, 5.74) is -0.814. The van der Waals surface area contributed by atoms with Crippen molar-refractivity contribution < 1.29 is 22.7 Å².